The lowest BCUT2D eigenvalue weighted by Crippen LogP contribution is -2.02. The molecule has 4 heteroatoms. The van der Waals surface area contributed by atoms with E-state index < -0.39 is 5.82 Å². The molecule has 3 aromatic carbocycles. The number of ether oxygens (including phenoxy) is 2. The molecular formula is C20H18FNO2. The van der Waals surface area contributed by atoms with Crippen LogP contribution in [0.4, 0.5) is 10.1 Å². The normalized spacial score (nSPS) is 10.4. The van der Waals surface area contributed by atoms with Crippen molar-refractivity contribution in [2.75, 3.05) is 5.73 Å². The first-order chi connectivity index (χ1) is 11.7. The van der Waals surface area contributed by atoms with E-state index in [-0.39, 0.29) is 18.0 Å². The lowest BCUT2D eigenvalue weighted by atomic mass is 10.2. The van der Waals surface area contributed by atoms with Crippen LogP contribution >= 0.6 is 0 Å². The number of rotatable bonds is 6. The molecule has 0 saturated heterocycles. The summed E-state index contributed by atoms with van der Waals surface area (Å²) in [7, 11) is 0. The maximum absolute atomic E-state index is 14.0. The van der Waals surface area contributed by atoms with Crippen LogP contribution in [0.3, 0.4) is 0 Å². The Kier molecular flexibility index (Phi) is 4.96. The van der Waals surface area contributed by atoms with Gasteiger partial charge in [0.15, 0.2) is 11.6 Å². The standard InChI is InChI=1S/C20H18FNO2/c21-17-11-18(22)20(24-14-16-9-5-2-6-10-16)12-19(17)23-13-15-7-3-1-4-8-15/h1-12H,13-14,22H2. The molecule has 0 fully saturated rings. The summed E-state index contributed by atoms with van der Waals surface area (Å²) < 4.78 is 25.3. The van der Waals surface area contributed by atoms with E-state index in [1.807, 2.05) is 60.7 Å². The van der Waals surface area contributed by atoms with Crippen molar-refractivity contribution in [2.24, 2.45) is 0 Å². The molecule has 122 valence electrons. The van der Waals surface area contributed by atoms with Gasteiger partial charge < -0.3 is 15.2 Å². The highest BCUT2D eigenvalue weighted by molar-refractivity contribution is 5.56. The molecule has 0 spiro atoms. The third kappa shape index (κ3) is 4.04. The van der Waals surface area contributed by atoms with E-state index in [4.69, 9.17) is 15.2 Å². The monoisotopic (exact) mass is 323 g/mol. The molecule has 0 saturated carbocycles. The summed E-state index contributed by atoms with van der Waals surface area (Å²) in [5, 5.41) is 0. The molecule has 0 bridgehead atoms. The predicted octanol–water partition coefficient (Wildman–Crippen LogP) is 4.57. The largest absolute Gasteiger partial charge is 0.487 e. The van der Waals surface area contributed by atoms with Crippen molar-refractivity contribution in [1.82, 2.24) is 0 Å². The van der Waals surface area contributed by atoms with Crippen LogP contribution in [0.1, 0.15) is 11.1 Å². The Balaban J connectivity index is 1.71. The Hall–Kier alpha value is -3.01. The molecule has 0 aliphatic rings. The third-order valence-corrected chi connectivity index (χ3v) is 3.54. The molecular weight excluding hydrogens is 305 g/mol. The van der Waals surface area contributed by atoms with E-state index in [0.29, 0.717) is 12.4 Å². The second-order valence-electron chi connectivity index (χ2n) is 5.37. The number of benzene rings is 3. The Morgan fingerprint density at radius 2 is 1.21 bits per heavy atom. The molecule has 0 atom stereocenters. The van der Waals surface area contributed by atoms with Crippen LogP contribution in [-0.2, 0) is 13.2 Å². The van der Waals surface area contributed by atoms with E-state index in [0.717, 1.165) is 11.1 Å². The molecule has 3 aromatic rings. The van der Waals surface area contributed by atoms with Crippen LogP contribution in [0.25, 0.3) is 0 Å². The van der Waals surface area contributed by atoms with Crippen molar-refractivity contribution in [3.63, 3.8) is 0 Å². The van der Waals surface area contributed by atoms with Crippen molar-refractivity contribution >= 4 is 5.69 Å². The molecule has 24 heavy (non-hydrogen) atoms. The highest BCUT2D eigenvalue weighted by Gasteiger charge is 2.11. The quantitative estimate of drug-likeness (QED) is 0.676. The maximum Gasteiger partial charge on any atom is 0.167 e. The molecule has 0 aliphatic carbocycles. The Labute approximate surface area is 140 Å². The Morgan fingerprint density at radius 3 is 1.75 bits per heavy atom. The smallest absolute Gasteiger partial charge is 0.167 e. The SMILES string of the molecule is Nc1cc(F)c(OCc2ccccc2)cc1OCc1ccccc1. The number of nitrogens with two attached hydrogens (primary N) is 1. The lowest BCUT2D eigenvalue weighted by Gasteiger charge is -2.13. The summed E-state index contributed by atoms with van der Waals surface area (Å²) >= 11 is 0. The van der Waals surface area contributed by atoms with Crippen molar-refractivity contribution < 1.29 is 13.9 Å². The minimum absolute atomic E-state index is 0.121. The molecule has 3 rings (SSSR count). The minimum atomic E-state index is -0.504. The van der Waals surface area contributed by atoms with Gasteiger partial charge in [-0.1, -0.05) is 60.7 Å². The minimum Gasteiger partial charge on any atom is -0.487 e. The van der Waals surface area contributed by atoms with Gasteiger partial charge in [-0.15, -0.1) is 0 Å². The van der Waals surface area contributed by atoms with Gasteiger partial charge in [-0.05, 0) is 11.1 Å². The number of anilines is 1. The van der Waals surface area contributed by atoms with Gasteiger partial charge in [0.25, 0.3) is 0 Å². The summed E-state index contributed by atoms with van der Waals surface area (Å²) in [6.45, 7) is 0.634. The first-order valence-electron chi connectivity index (χ1n) is 7.65. The fourth-order valence-corrected chi connectivity index (χ4v) is 2.26. The number of halogens is 1. The van der Waals surface area contributed by atoms with Gasteiger partial charge in [0.05, 0.1) is 5.69 Å². The van der Waals surface area contributed by atoms with Gasteiger partial charge in [0.2, 0.25) is 0 Å². The van der Waals surface area contributed by atoms with Crippen LogP contribution < -0.4 is 15.2 Å². The van der Waals surface area contributed by atoms with E-state index in [2.05, 4.69) is 0 Å². The van der Waals surface area contributed by atoms with E-state index in [1.54, 1.807) is 0 Å². The highest BCUT2D eigenvalue weighted by atomic mass is 19.1. The van der Waals surface area contributed by atoms with Gasteiger partial charge in [-0.2, -0.15) is 0 Å². The second-order valence-corrected chi connectivity index (χ2v) is 5.37. The summed E-state index contributed by atoms with van der Waals surface area (Å²) in [5.74, 6) is 0.0231. The van der Waals surface area contributed by atoms with Gasteiger partial charge >= 0.3 is 0 Å². The molecule has 0 aliphatic heterocycles. The van der Waals surface area contributed by atoms with Gasteiger partial charge in [0, 0.05) is 12.1 Å². The van der Waals surface area contributed by atoms with Crippen molar-refractivity contribution in [3.8, 4) is 11.5 Å². The molecule has 3 nitrogen and oxygen atoms in total. The van der Waals surface area contributed by atoms with Crippen molar-refractivity contribution in [3.05, 3.63) is 89.7 Å². The Bertz CT molecular complexity index is 727. The predicted molar refractivity (Wildman–Crippen MR) is 92.4 cm³/mol. The van der Waals surface area contributed by atoms with E-state index in [1.165, 1.54) is 12.1 Å². The Morgan fingerprint density at radius 1 is 0.708 bits per heavy atom. The molecule has 0 heterocycles. The zero-order chi connectivity index (χ0) is 16.8. The van der Waals surface area contributed by atoms with Crippen LogP contribution in [0.2, 0.25) is 0 Å². The average molecular weight is 323 g/mol. The first kappa shape index (κ1) is 15.9. The summed E-state index contributed by atoms with van der Waals surface area (Å²) in [5.41, 5.74) is 8.05. The van der Waals surface area contributed by atoms with Gasteiger partial charge in [0.1, 0.15) is 19.0 Å². The van der Waals surface area contributed by atoms with Crippen LogP contribution in [-0.4, -0.2) is 0 Å². The molecule has 0 aromatic heterocycles. The van der Waals surface area contributed by atoms with Gasteiger partial charge in [-0.25, -0.2) is 4.39 Å². The third-order valence-electron chi connectivity index (χ3n) is 3.54. The molecule has 0 radical (unpaired) electrons. The van der Waals surface area contributed by atoms with Crippen LogP contribution in [0.5, 0.6) is 11.5 Å². The second kappa shape index (κ2) is 7.51. The fourth-order valence-electron chi connectivity index (χ4n) is 2.26. The molecule has 0 amide bonds. The van der Waals surface area contributed by atoms with Crippen LogP contribution in [0, 0.1) is 5.82 Å². The number of hydrogen-bond acceptors (Lipinski definition) is 3. The first-order valence-corrected chi connectivity index (χ1v) is 7.65. The average Bonchev–Trinajstić information content (AvgIpc) is 2.62. The zero-order valence-corrected chi connectivity index (χ0v) is 13.1. The summed E-state index contributed by atoms with van der Waals surface area (Å²) in [6.07, 6.45) is 0. The number of nitrogen functional groups attached to an aromatic ring is 1. The summed E-state index contributed by atoms with van der Waals surface area (Å²) in [6, 6.07) is 22.0. The molecule has 2 N–H and O–H groups in total. The zero-order valence-electron chi connectivity index (χ0n) is 13.1. The topological polar surface area (TPSA) is 44.5 Å². The maximum atomic E-state index is 14.0. The van der Waals surface area contributed by atoms with Crippen molar-refractivity contribution in [2.45, 2.75) is 13.2 Å². The highest BCUT2D eigenvalue weighted by Crippen LogP contribution is 2.31. The fraction of sp³-hybridized carbons (Fsp3) is 0.100. The van der Waals surface area contributed by atoms with Gasteiger partial charge in [-0.3, -0.25) is 0 Å². The van der Waals surface area contributed by atoms with Crippen molar-refractivity contribution in [1.29, 1.82) is 0 Å². The summed E-state index contributed by atoms with van der Waals surface area (Å²) in [4.78, 5) is 0. The number of hydrogen-bond donors (Lipinski definition) is 1. The molecule has 0 unspecified atom stereocenters. The van der Waals surface area contributed by atoms with E-state index >= 15 is 0 Å². The van der Waals surface area contributed by atoms with E-state index in [9.17, 15) is 4.39 Å². The van der Waals surface area contributed by atoms with Crippen LogP contribution in [0.15, 0.2) is 72.8 Å². The lowest BCUT2D eigenvalue weighted by molar-refractivity contribution is 0.279.